The van der Waals surface area contributed by atoms with E-state index in [0.29, 0.717) is 13.0 Å². The maximum Gasteiger partial charge on any atom is 0.227 e. The molecule has 29 heavy (non-hydrogen) atoms. The van der Waals surface area contributed by atoms with E-state index in [1.54, 1.807) is 7.11 Å². The van der Waals surface area contributed by atoms with E-state index in [1.165, 1.54) is 0 Å². The molecular formula is C25H26BrNO2. The van der Waals surface area contributed by atoms with E-state index in [1.807, 2.05) is 41.3 Å². The lowest BCUT2D eigenvalue weighted by Gasteiger charge is -2.23. The molecule has 0 N–H and O–H groups in total. The van der Waals surface area contributed by atoms with Gasteiger partial charge in [0.2, 0.25) is 5.91 Å². The quantitative estimate of drug-likeness (QED) is 0.374. The van der Waals surface area contributed by atoms with Crippen molar-refractivity contribution in [3.63, 3.8) is 0 Å². The van der Waals surface area contributed by atoms with Gasteiger partial charge in [-0.3, -0.25) is 4.79 Å². The minimum absolute atomic E-state index is 0.157. The van der Waals surface area contributed by atoms with Gasteiger partial charge in [-0.15, -0.1) is 0 Å². The average molecular weight is 452 g/mol. The maximum atomic E-state index is 12.9. The lowest BCUT2D eigenvalue weighted by atomic mass is 10.0. The van der Waals surface area contributed by atoms with Crippen molar-refractivity contribution in [1.29, 1.82) is 0 Å². The van der Waals surface area contributed by atoms with Gasteiger partial charge < -0.3 is 9.64 Å². The molecule has 0 radical (unpaired) electrons. The third kappa shape index (κ3) is 5.70. The number of nitrogens with zero attached hydrogens (tertiary/aromatic N) is 1. The Bertz CT molecular complexity index is 936. The van der Waals surface area contributed by atoms with E-state index in [-0.39, 0.29) is 5.91 Å². The summed E-state index contributed by atoms with van der Waals surface area (Å²) in [5, 5.41) is 0. The number of carbonyl (C=O) groups excluding carboxylic acids is 1. The van der Waals surface area contributed by atoms with Gasteiger partial charge in [0.05, 0.1) is 13.7 Å². The van der Waals surface area contributed by atoms with Crippen LogP contribution in [-0.2, 0) is 11.3 Å². The van der Waals surface area contributed by atoms with Crippen molar-refractivity contribution in [2.24, 2.45) is 0 Å². The lowest BCUT2D eigenvalue weighted by molar-refractivity contribution is -0.118. The standard InChI is InChI=1S/C25H26BrNO2/c1-3-4-8-25(28)27(23-7-5-6-22(26)17-23)18-19-9-11-20(12-10-19)21-13-15-24(29-2)16-14-21/h5-7,9-17H,3-4,8,18H2,1-2H3. The van der Waals surface area contributed by atoms with E-state index in [9.17, 15) is 4.79 Å². The molecule has 0 aromatic heterocycles. The highest BCUT2D eigenvalue weighted by Gasteiger charge is 2.16. The number of amides is 1. The predicted molar refractivity (Wildman–Crippen MR) is 123 cm³/mol. The first-order chi connectivity index (χ1) is 14.1. The Kier molecular flexibility index (Phi) is 7.48. The molecule has 150 valence electrons. The third-order valence-electron chi connectivity index (χ3n) is 4.88. The molecule has 3 aromatic carbocycles. The second-order valence-corrected chi connectivity index (χ2v) is 7.90. The largest absolute Gasteiger partial charge is 0.497 e. The number of anilines is 1. The summed E-state index contributed by atoms with van der Waals surface area (Å²) in [5.74, 6) is 1.00. The Morgan fingerprint density at radius 2 is 1.62 bits per heavy atom. The number of hydrogen-bond acceptors (Lipinski definition) is 2. The number of rotatable bonds is 8. The third-order valence-corrected chi connectivity index (χ3v) is 5.38. The van der Waals surface area contributed by atoms with Crippen LogP contribution in [0.1, 0.15) is 31.7 Å². The number of halogens is 1. The van der Waals surface area contributed by atoms with Crippen molar-refractivity contribution in [3.05, 3.63) is 82.8 Å². The zero-order valence-electron chi connectivity index (χ0n) is 16.9. The Labute approximate surface area is 181 Å². The predicted octanol–water partition coefficient (Wildman–Crippen LogP) is 6.85. The first-order valence-corrected chi connectivity index (χ1v) is 10.7. The molecule has 0 heterocycles. The fraction of sp³-hybridized carbons (Fsp3) is 0.240. The van der Waals surface area contributed by atoms with Gasteiger partial charge in [-0.1, -0.05) is 71.7 Å². The Balaban J connectivity index is 1.80. The van der Waals surface area contributed by atoms with E-state index in [4.69, 9.17) is 4.74 Å². The van der Waals surface area contributed by atoms with Gasteiger partial charge in [0.25, 0.3) is 0 Å². The zero-order valence-corrected chi connectivity index (χ0v) is 18.5. The number of ether oxygens (including phenoxy) is 1. The van der Waals surface area contributed by atoms with Crippen LogP contribution in [0.2, 0.25) is 0 Å². The van der Waals surface area contributed by atoms with Crippen molar-refractivity contribution in [2.75, 3.05) is 12.0 Å². The molecule has 3 aromatic rings. The molecule has 0 saturated carbocycles. The second kappa shape index (κ2) is 10.3. The highest BCUT2D eigenvalue weighted by molar-refractivity contribution is 9.10. The Morgan fingerprint density at radius 3 is 2.21 bits per heavy atom. The summed E-state index contributed by atoms with van der Waals surface area (Å²) in [6, 6.07) is 24.3. The smallest absolute Gasteiger partial charge is 0.227 e. The van der Waals surface area contributed by atoms with Gasteiger partial charge in [-0.2, -0.15) is 0 Å². The van der Waals surface area contributed by atoms with Crippen LogP contribution in [0.25, 0.3) is 11.1 Å². The van der Waals surface area contributed by atoms with Crippen LogP contribution in [-0.4, -0.2) is 13.0 Å². The Morgan fingerprint density at radius 1 is 0.966 bits per heavy atom. The lowest BCUT2D eigenvalue weighted by Crippen LogP contribution is -2.30. The van der Waals surface area contributed by atoms with Gasteiger partial charge in [0, 0.05) is 16.6 Å². The summed E-state index contributed by atoms with van der Waals surface area (Å²) in [5.41, 5.74) is 4.30. The molecule has 3 rings (SSSR count). The van der Waals surface area contributed by atoms with Crippen molar-refractivity contribution in [2.45, 2.75) is 32.7 Å². The normalized spacial score (nSPS) is 10.6. The van der Waals surface area contributed by atoms with Crippen molar-refractivity contribution < 1.29 is 9.53 Å². The molecular weight excluding hydrogens is 426 g/mol. The molecule has 0 spiro atoms. The maximum absolute atomic E-state index is 12.9. The molecule has 0 saturated heterocycles. The molecule has 0 aliphatic heterocycles. The first-order valence-electron chi connectivity index (χ1n) is 9.90. The van der Waals surface area contributed by atoms with Crippen LogP contribution >= 0.6 is 15.9 Å². The minimum Gasteiger partial charge on any atom is -0.497 e. The topological polar surface area (TPSA) is 29.5 Å². The highest BCUT2D eigenvalue weighted by atomic mass is 79.9. The fourth-order valence-corrected chi connectivity index (χ4v) is 3.59. The van der Waals surface area contributed by atoms with Crippen LogP contribution in [0.3, 0.4) is 0 Å². The van der Waals surface area contributed by atoms with Crippen LogP contribution in [0.5, 0.6) is 5.75 Å². The number of methoxy groups -OCH3 is 1. The highest BCUT2D eigenvalue weighted by Crippen LogP contribution is 2.26. The fourth-order valence-electron chi connectivity index (χ4n) is 3.20. The SMILES string of the molecule is CCCCC(=O)N(Cc1ccc(-c2ccc(OC)cc2)cc1)c1cccc(Br)c1. The molecule has 0 fully saturated rings. The zero-order chi connectivity index (χ0) is 20.6. The summed E-state index contributed by atoms with van der Waals surface area (Å²) in [6.45, 7) is 2.66. The molecule has 3 nitrogen and oxygen atoms in total. The van der Waals surface area contributed by atoms with Gasteiger partial charge in [0.15, 0.2) is 0 Å². The minimum atomic E-state index is 0.157. The van der Waals surface area contributed by atoms with Crippen molar-refractivity contribution >= 4 is 27.5 Å². The van der Waals surface area contributed by atoms with Gasteiger partial charge in [-0.25, -0.2) is 0 Å². The molecule has 0 aliphatic carbocycles. The Hall–Kier alpha value is -2.59. The molecule has 0 aliphatic rings. The van der Waals surface area contributed by atoms with E-state index in [2.05, 4.69) is 59.3 Å². The number of carbonyl (C=O) groups is 1. The van der Waals surface area contributed by atoms with Crippen molar-refractivity contribution in [1.82, 2.24) is 0 Å². The average Bonchev–Trinajstić information content (AvgIpc) is 2.76. The van der Waals surface area contributed by atoms with E-state index >= 15 is 0 Å². The van der Waals surface area contributed by atoms with Gasteiger partial charge in [0.1, 0.15) is 5.75 Å². The molecule has 0 atom stereocenters. The molecule has 1 amide bonds. The van der Waals surface area contributed by atoms with E-state index in [0.717, 1.165) is 45.4 Å². The number of benzene rings is 3. The summed E-state index contributed by atoms with van der Waals surface area (Å²) < 4.78 is 6.20. The van der Waals surface area contributed by atoms with Gasteiger partial charge >= 0.3 is 0 Å². The van der Waals surface area contributed by atoms with Crippen LogP contribution in [0, 0.1) is 0 Å². The van der Waals surface area contributed by atoms with Crippen LogP contribution in [0.4, 0.5) is 5.69 Å². The summed E-state index contributed by atoms with van der Waals surface area (Å²) in [4.78, 5) is 14.7. The monoisotopic (exact) mass is 451 g/mol. The van der Waals surface area contributed by atoms with Crippen LogP contribution in [0.15, 0.2) is 77.3 Å². The summed E-state index contributed by atoms with van der Waals surface area (Å²) >= 11 is 3.52. The van der Waals surface area contributed by atoms with E-state index < -0.39 is 0 Å². The summed E-state index contributed by atoms with van der Waals surface area (Å²) in [7, 11) is 1.67. The number of unbranched alkanes of at least 4 members (excludes halogenated alkanes) is 1. The summed E-state index contributed by atoms with van der Waals surface area (Å²) in [6.07, 6.45) is 2.47. The second-order valence-electron chi connectivity index (χ2n) is 6.99. The first kappa shape index (κ1) is 21.1. The molecule has 0 bridgehead atoms. The molecule has 4 heteroatoms. The molecule has 0 unspecified atom stereocenters. The number of hydrogen-bond donors (Lipinski definition) is 0. The van der Waals surface area contributed by atoms with Gasteiger partial charge in [-0.05, 0) is 53.4 Å². The van der Waals surface area contributed by atoms with Crippen molar-refractivity contribution in [3.8, 4) is 16.9 Å². The van der Waals surface area contributed by atoms with Crippen LogP contribution < -0.4 is 9.64 Å².